The molecule has 0 atom stereocenters. The second-order valence-electron chi connectivity index (χ2n) is 6.02. The monoisotopic (exact) mass is 375 g/mol. The lowest BCUT2D eigenvalue weighted by molar-refractivity contribution is -0.145. The molecular weight excluding hydrogens is 354 g/mol. The van der Waals surface area contributed by atoms with Crippen LogP contribution in [-0.2, 0) is 9.53 Å². The van der Waals surface area contributed by atoms with Gasteiger partial charge in [-0.1, -0.05) is 48.5 Å². The number of ether oxygens (including phenoxy) is 2. The maximum absolute atomic E-state index is 12.5. The van der Waals surface area contributed by atoms with Gasteiger partial charge in [-0.15, -0.1) is 0 Å². The Balaban J connectivity index is 1.63. The summed E-state index contributed by atoms with van der Waals surface area (Å²) in [5.41, 5.74) is 3.28. The standard InChI is InChI=1S/C23H21NO4/c1-2-27-22(25)16-28-21-10-6-9-20(15-21)24-23(26)19-13-11-18(12-14-19)17-7-4-3-5-8-17/h3-15H,2,16H2,1H3,(H,24,26). The molecule has 5 heteroatoms. The summed E-state index contributed by atoms with van der Waals surface area (Å²) in [6.07, 6.45) is 0. The van der Waals surface area contributed by atoms with Gasteiger partial charge in [0.05, 0.1) is 6.61 Å². The van der Waals surface area contributed by atoms with Gasteiger partial charge in [0.1, 0.15) is 5.75 Å². The van der Waals surface area contributed by atoms with Crippen LogP contribution in [0.5, 0.6) is 5.75 Å². The van der Waals surface area contributed by atoms with E-state index in [1.807, 2.05) is 42.5 Å². The Morgan fingerprint density at radius 1 is 0.857 bits per heavy atom. The second kappa shape index (κ2) is 9.37. The third kappa shape index (κ3) is 5.20. The van der Waals surface area contributed by atoms with Crippen molar-refractivity contribution in [2.75, 3.05) is 18.5 Å². The molecule has 3 aromatic rings. The number of hydrogen-bond donors (Lipinski definition) is 1. The molecule has 142 valence electrons. The van der Waals surface area contributed by atoms with E-state index in [1.54, 1.807) is 43.3 Å². The molecule has 3 aromatic carbocycles. The number of esters is 1. The summed E-state index contributed by atoms with van der Waals surface area (Å²) in [6.45, 7) is 1.87. The normalized spacial score (nSPS) is 10.2. The molecule has 0 radical (unpaired) electrons. The van der Waals surface area contributed by atoms with Gasteiger partial charge in [0, 0.05) is 17.3 Å². The highest BCUT2D eigenvalue weighted by Crippen LogP contribution is 2.21. The van der Waals surface area contributed by atoms with Gasteiger partial charge in [0.15, 0.2) is 6.61 Å². The summed E-state index contributed by atoms with van der Waals surface area (Å²) in [5.74, 6) is -0.178. The number of benzene rings is 3. The molecule has 0 saturated heterocycles. The molecule has 0 heterocycles. The fourth-order valence-electron chi connectivity index (χ4n) is 2.66. The van der Waals surface area contributed by atoms with Crippen LogP contribution in [0.2, 0.25) is 0 Å². The van der Waals surface area contributed by atoms with Crippen LogP contribution in [-0.4, -0.2) is 25.1 Å². The van der Waals surface area contributed by atoms with Gasteiger partial charge in [0.2, 0.25) is 0 Å². The van der Waals surface area contributed by atoms with E-state index in [9.17, 15) is 9.59 Å². The van der Waals surface area contributed by atoms with E-state index < -0.39 is 5.97 Å². The Kier molecular flexibility index (Phi) is 6.41. The average Bonchev–Trinajstić information content (AvgIpc) is 2.73. The van der Waals surface area contributed by atoms with Crippen LogP contribution in [0.1, 0.15) is 17.3 Å². The highest BCUT2D eigenvalue weighted by molar-refractivity contribution is 6.04. The van der Waals surface area contributed by atoms with Gasteiger partial charge in [-0.25, -0.2) is 4.79 Å². The second-order valence-corrected chi connectivity index (χ2v) is 6.02. The van der Waals surface area contributed by atoms with Crippen LogP contribution in [0.3, 0.4) is 0 Å². The van der Waals surface area contributed by atoms with E-state index in [0.717, 1.165) is 11.1 Å². The molecule has 1 amide bonds. The van der Waals surface area contributed by atoms with Crippen LogP contribution >= 0.6 is 0 Å². The molecule has 0 aliphatic carbocycles. The number of nitrogens with one attached hydrogen (secondary N) is 1. The van der Waals surface area contributed by atoms with Gasteiger partial charge < -0.3 is 14.8 Å². The number of carbonyl (C=O) groups is 2. The molecule has 5 nitrogen and oxygen atoms in total. The van der Waals surface area contributed by atoms with E-state index in [2.05, 4.69) is 5.32 Å². The molecule has 0 aliphatic rings. The molecule has 0 spiro atoms. The largest absolute Gasteiger partial charge is 0.482 e. The van der Waals surface area contributed by atoms with Crippen molar-refractivity contribution in [3.63, 3.8) is 0 Å². The fraction of sp³-hybridized carbons (Fsp3) is 0.130. The van der Waals surface area contributed by atoms with Crippen LogP contribution in [0.15, 0.2) is 78.9 Å². The van der Waals surface area contributed by atoms with Crippen molar-refractivity contribution in [3.05, 3.63) is 84.4 Å². The van der Waals surface area contributed by atoms with Crippen LogP contribution in [0.4, 0.5) is 5.69 Å². The highest BCUT2D eigenvalue weighted by Gasteiger charge is 2.08. The van der Waals surface area contributed by atoms with E-state index in [1.165, 1.54) is 0 Å². The summed E-state index contributed by atoms with van der Waals surface area (Å²) < 4.78 is 10.2. The van der Waals surface area contributed by atoms with E-state index in [4.69, 9.17) is 9.47 Å². The maximum atomic E-state index is 12.5. The zero-order valence-corrected chi connectivity index (χ0v) is 15.6. The molecule has 3 rings (SSSR count). The fourth-order valence-corrected chi connectivity index (χ4v) is 2.66. The van der Waals surface area contributed by atoms with Crippen molar-refractivity contribution < 1.29 is 19.1 Å². The van der Waals surface area contributed by atoms with Crippen molar-refractivity contribution in [1.82, 2.24) is 0 Å². The smallest absolute Gasteiger partial charge is 0.344 e. The predicted octanol–water partition coefficient (Wildman–Crippen LogP) is 4.55. The Labute approximate surface area is 163 Å². The lowest BCUT2D eigenvalue weighted by Gasteiger charge is -2.09. The number of carbonyl (C=O) groups excluding carboxylic acids is 2. The Morgan fingerprint density at radius 3 is 2.29 bits per heavy atom. The van der Waals surface area contributed by atoms with Gasteiger partial charge in [-0.05, 0) is 42.3 Å². The first kappa shape index (κ1) is 19.2. The molecule has 0 bridgehead atoms. The SMILES string of the molecule is CCOC(=O)COc1cccc(NC(=O)c2ccc(-c3ccccc3)cc2)c1. The Morgan fingerprint density at radius 2 is 1.57 bits per heavy atom. The summed E-state index contributed by atoms with van der Waals surface area (Å²) in [7, 11) is 0. The van der Waals surface area contributed by atoms with Crippen LogP contribution < -0.4 is 10.1 Å². The first-order valence-corrected chi connectivity index (χ1v) is 9.01. The number of amides is 1. The van der Waals surface area contributed by atoms with Crippen LogP contribution in [0, 0.1) is 0 Å². The van der Waals surface area contributed by atoms with E-state index in [0.29, 0.717) is 23.6 Å². The number of rotatable bonds is 7. The van der Waals surface area contributed by atoms with Gasteiger partial charge >= 0.3 is 5.97 Å². The highest BCUT2D eigenvalue weighted by atomic mass is 16.6. The maximum Gasteiger partial charge on any atom is 0.344 e. The third-order valence-electron chi connectivity index (χ3n) is 4.01. The van der Waals surface area contributed by atoms with E-state index >= 15 is 0 Å². The first-order valence-electron chi connectivity index (χ1n) is 9.01. The molecule has 0 saturated carbocycles. The molecule has 0 fully saturated rings. The number of hydrogen-bond acceptors (Lipinski definition) is 4. The predicted molar refractivity (Wildman–Crippen MR) is 108 cm³/mol. The minimum Gasteiger partial charge on any atom is -0.482 e. The summed E-state index contributed by atoms with van der Waals surface area (Å²) in [5, 5.41) is 2.84. The Bertz CT molecular complexity index is 936. The first-order chi connectivity index (χ1) is 13.7. The molecule has 28 heavy (non-hydrogen) atoms. The zero-order chi connectivity index (χ0) is 19.8. The van der Waals surface area contributed by atoms with Crippen LogP contribution in [0.25, 0.3) is 11.1 Å². The molecule has 1 N–H and O–H groups in total. The summed E-state index contributed by atoms with van der Waals surface area (Å²) in [4.78, 5) is 23.9. The van der Waals surface area contributed by atoms with Crippen molar-refractivity contribution in [3.8, 4) is 16.9 Å². The van der Waals surface area contributed by atoms with Crippen molar-refractivity contribution >= 4 is 17.6 Å². The van der Waals surface area contributed by atoms with Crippen molar-refractivity contribution in [2.45, 2.75) is 6.92 Å². The summed E-state index contributed by atoms with van der Waals surface area (Å²) in [6, 6.07) is 24.3. The Hall–Kier alpha value is -3.60. The van der Waals surface area contributed by atoms with Gasteiger partial charge in [-0.2, -0.15) is 0 Å². The molecular formula is C23H21NO4. The van der Waals surface area contributed by atoms with Gasteiger partial charge in [-0.3, -0.25) is 4.79 Å². The number of anilines is 1. The quantitative estimate of drug-likeness (QED) is 0.616. The topological polar surface area (TPSA) is 64.6 Å². The minimum atomic E-state index is -0.435. The lowest BCUT2D eigenvalue weighted by atomic mass is 10.0. The molecule has 0 aromatic heterocycles. The third-order valence-corrected chi connectivity index (χ3v) is 4.01. The summed E-state index contributed by atoms with van der Waals surface area (Å²) >= 11 is 0. The zero-order valence-electron chi connectivity index (χ0n) is 15.6. The minimum absolute atomic E-state index is 0.174. The van der Waals surface area contributed by atoms with E-state index in [-0.39, 0.29) is 12.5 Å². The molecule has 0 unspecified atom stereocenters. The van der Waals surface area contributed by atoms with Crippen molar-refractivity contribution in [2.24, 2.45) is 0 Å². The van der Waals surface area contributed by atoms with Crippen molar-refractivity contribution in [1.29, 1.82) is 0 Å². The average molecular weight is 375 g/mol. The van der Waals surface area contributed by atoms with Gasteiger partial charge in [0.25, 0.3) is 5.91 Å². The lowest BCUT2D eigenvalue weighted by Crippen LogP contribution is -2.15. The molecule has 0 aliphatic heterocycles.